The first-order chi connectivity index (χ1) is 12.6. The minimum absolute atomic E-state index is 0.113. The molecule has 0 spiro atoms. The van der Waals surface area contributed by atoms with Gasteiger partial charge >= 0.3 is 12.1 Å². The number of aryl methyl sites for hydroxylation is 1. The van der Waals surface area contributed by atoms with Crippen LogP contribution in [-0.4, -0.2) is 40.5 Å². The van der Waals surface area contributed by atoms with Crippen molar-refractivity contribution in [2.45, 2.75) is 31.4 Å². The first-order valence-electron chi connectivity index (χ1n) is 8.19. The largest absolute Gasteiger partial charge is 0.481 e. The van der Waals surface area contributed by atoms with Gasteiger partial charge in [0, 0.05) is 19.4 Å². The van der Waals surface area contributed by atoms with E-state index in [-0.39, 0.29) is 37.8 Å². The maximum atomic E-state index is 12.2. The fourth-order valence-corrected chi connectivity index (χ4v) is 2.62. The quantitative estimate of drug-likeness (QED) is 0.762. The zero-order valence-electron chi connectivity index (χ0n) is 14.0. The SMILES string of the molecule is O=C(O)CCc1nc(C2(NC(=O)OCc3ccccc3)CCOC2)no1. The van der Waals surface area contributed by atoms with Gasteiger partial charge in [-0.05, 0) is 5.56 Å². The first-order valence-corrected chi connectivity index (χ1v) is 8.19. The number of benzene rings is 1. The Labute approximate surface area is 149 Å². The van der Waals surface area contributed by atoms with E-state index < -0.39 is 17.6 Å². The number of ether oxygens (including phenoxy) is 2. The van der Waals surface area contributed by atoms with Gasteiger partial charge in [-0.3, -0.25) is 4.79 Å². The van der Waals surface area contributed by atoms with Crippen LogP contribution in [-0.2, 0) is 32.8 Å². The molecule has 2 heterocycles. The van der Waals surface area contributed by atoms with Gasteiger partial charge in [-0.15, -0.1) is 0 Å². The van der Waals surface area contributed by atoms with Crippen LogP contribution in [0.2, 0.25) is 0 Å². The van der Waals surface area contributed by atoms with E-state index in [1.807, 2.05) is 30.3 Å². The molecule has 3 rings (SSSR count). The second kappa shape index (κ2) is 7.96. The monoisotopic (exact) mass is 361 g/mol. The van der Waals surface area contributed by atoms with Gasteiger partial charge < -0.3 is 24.4 Å². The smallest absolute Gasteiger partial charge is 0.408 e. The summed E-state index contributed by atoms with van der Waals surface area (Å²) in [6.07, 6.45) is -0.142. The van der Waals surface area contributed by atoms with Crippen LogP contribution in [0.1, 0.15) is 30.1 Å². The third kappa shape index (κ3) is 4.37. The summed E-state index contributed by atoms with van der Waals surface area (Å²) in [6.45, 7) is 0.753. The van der Waals surface area contributed by atoms with Crippen molar-refractivity contribution in [3.05, 3.63) is 47.6 Å². The van der Waals surface area contributed by atoms with Gasteiger partial charge in [-0.25, -0.2) is 4.79 Å². The number of alkyl carbamates (subject to hydrolysis) is 1. The molecule has 9 heteroatoms. The van der Waals surface area contributed by atoms with Crippen molar-refractivity contribution in [1.82, 2.24) is 15.5 Å². The van der Waals surface area contributed by atoms with E-state index in [4.69, 9.17) is 19.1 Å². The van der Waals surface area contributed by atoms with E-state index in [0.29, 0.717) is 13.0 Å². The molecule has 26 heavy (non-hydrogen) atoms. The second-order valence-electron chi connectivity index (χ2n) is 5.98. The normalized spacial score (nSPS) is 19.2. The zero-order valence-corrected chi connectivity index (χ0v) is 14.0. The highest BCUT2D eigenvalue weighted by Crippen LogP contribution is 2.29. The Morgan fingerprint density at radius 2 is 2.12 bits per heavy atom. The average molecular weight is 361 g/mol. The summed E-state index contributed by atoms with van der Waals surface area (Å²) in [4.78, 5) is 27.1. The molecule has 0 aliphatic carbocycles. The number of carbonyl (C=O) groups is 2. The van der Waals surface area contributed by atoms with Crippen LogP contribution in [0.5, 0.6) is 0 Å². The minimum atomic E-state index is -0.953. The van der Waals surface area contributed by atoms with E-state index in [9.17, 15) is 9.59 Å². The Kier molecular flexibility index (Phi) is 5.47. The molecule has 1 aromatic carbocycles. The van der Waals surface area contributed by atoms with Gasteiger partial charge in [0.2, 0.25) is 5.89 Å². The molecule has 0 radical (unpaired) electrons. The lowest BCUT2D eigenvalue weighted by molar-refractivity contribution is -0.137. The molecule has 1 aliphatic heterocycles. The Morgan fingerprint density at radius 3 is 2.81 bits per heavy atom. The Hall–Kier alpha value is -2.94. The number of aromatic nitrogens is 2. The molecule has 9 nitrogen and oxygen atoms in total. The summed E-state index contributed by atoms with van der Waals surface area (Å²) in [5, 5.41) is 15.4. The lowest BCUT2D eigenvalue weighted by atomic mass is 9.98. The molecule has 2 N–H and O–H groups in total. The lowest BCUT2D eigenvalue weighted by Gasteiger charge is -2.24. The van der Waals surface area contributed by atoms with Gasteiger partial charge in [0.05, 0.1) is 13.0 Å². The Balaban J connectivity index is 1.64. The maximum absolute atomic E-state index is 12.2. The van der Waals surface area contributed by atoms with Gasteiger partial charge in [0.25, 0.3) is 0 Å². The number of amides is 1. The number of hydrogen-bond acceptors (Lipinski definition) is 7. The molecule has 2 aromatic rings. The van der Waals surface area contributed by atoms with Gasteiger partial charge in [-0.2, -0.15) is 4.98 Å². The van der Waals surface area contributed by atoms with Crippen molar-refractivity contribution in [3.63, 3.8) is 0 Å². The van der Waals surface area contributed by atoms with Crippen LogP contribution < -0.4 is 5.32 Å². The molecular formula is C17H19N3O6. The van der Waals surface area contributed by atoms with E-state index in [2.05, 4.69) is 15.5 Å². The molecule has 1 unspecified atom stereocenters. The van der Waals surface area contributed by atoms with Gasteiger partial charge in [-0.1, -0.05) is 35.5 Å². The summed E-state index contributed by atoms with van der Waals surface area (Å²) >= 11 is 0. The van der Waals surface area contributed by atoms with Crippen molar-refractivity contribution in [2.24, 2.45) is 0 Å². The van der Waals surface area contributed by atoms with E-state index in [1.54, 1.807) is 0 Å². The molecule has 1 aromatic heterocycles. The molecule has 138 valence electrons. The number of aliphatic carboxylic acids is 1. The standard InChI is InChI=1S/C17H19N3O6/c21-14(22)7-6-13-18-15(20-26-13)17(8-9-24-11-17)19-16(23)25-10-12-4-2-1-3-5-12/h1-5H,6-11H2,(H,19,23)(H,21,22). The van der Waals surface area contributed by atoms with Crippen LogP contribution in [0.3, 0.4) is 0 Å². The number of hydrogen-bond donors (Lipinski definition) is 2. The van der Waals surface area contributed by atoms with E-state index in [0.717, 1.165) is 5.56 Å². The third-order valence-electron chi connectivity index (χ3n) is 4.02. The van der Waals surface area contributed by atoms with E-state index >= 15 is 0 Å². The molecule has 1 amide bonds. The molecule has 0 bridgehead atoms. The Bertz CT molecular complexity index is 755. The first kappa shape index (κ1) is 17.9. The second-order valence-corrected chi connectivity index (χ2v) is 5.98. The fourth-order valence-electron chi connectivity index (χ4n) is 2.62. The average Bonchev–Trinajstić information content (AvgIpc) is 3.29. The molecule has 1 fully saturated rings. The number of rotatable bonds is 7. The van der Waals surface area contributed by atoms with Crippen LogP contribution in [0.15, 0.2) is 34.9 Å². The molecule has 1 saturated heterocycles. The fraction of sp³-hybridized carbons (Fsp3) is 0.412. The van der Waals surface area contributed by atoms with E-state index in [1.165, 1.54) is 0 Å². The van der Waals surface area contributed by atoms with Crippen LogP contribution in [0, 0.1) is 0 Å². The number of carboxylic acid groups (broad SMARTS) is 1. The Morgan fingerprint density at radius 1 is 1.31 bits per heavy atom. The number of carbonyl (C=O) groups excluding carboxylic acids is 1. The summed E-state index contributed by atoms with van der Waals surface area (Å²) in [7, 11) is 0. The summed E-state index contributed by atoms with van der Waals surface area (Å²) < 4.78 is 15.7. The topological polar surface area (TPSA) is 124 Å². The molecule has 0 saturated carbocycles. The number of carboxylic acids is 1. The molecular weight excluding hydrogens is 342 g/mol. The summed E-state index contributed by atoms with van der Waals surface area (Å²) in [5.74, 6) is -0.494. The van der Waals surface area contributed by atoms with Crippen LogP contribution in [0.25, 0.3) is 0 Å². The summed E-state index contributed by atoms with van der Waals surface area (Å²) in [5.41, 5.74) is -0.0754. The third-order valence-corrected chi connectivity index (χ3v) is 4.02. The number of nitrogens with zero attached hydrogens (tertiary/aromatic N) is 2. The van der Waals surface area contributed by atoms with Crippen molar-refractivity contribution >= 4 is 12.1 Å². The lowest BCUT2D eigenvalue weighted by Crippen LogP contribution is -2.47. The predicted octanol–water partition coefficient (Wildman–Crippen LogP) is 1.63. The maximum Gasteiger partial charge on any atom is 0.408 e. The predicted molar refractivity (Wildman–Crippen MR) is 87.1 cm³/mol. The van der Waals surface area contributed by atoms with Gasteiger partial charge in [0.1, 0.15) is 12.1 Å². The zero-order chi connectivity index (χ0) is 18.4. The highest BCUT2D eigenvalue weighted by atomic mass is 16.6. The van der Waals surface area contributed by atoms with Crippen molar-refractivity contribution in [3.8, 4) is 0 Å². The minimum Gasteiger partial charge on any atom is -0.481 e. The van der Waals surface area contributed by atoms with Crippen molar-refractivity contribution in [1.29, 1.82) is 0 Å². The van der Waals surface area contributed by atoms with Crippen molar-refractivity contribution < 1.29 is 28.7 Å². The number of nitrogens with one attached hydrogen (secondary N) is 1. The van der Waals surface area contributed by atoms with Crippen LogP contribution in [0.4, 0.5) is 4.79 Å². The molecule has 1 aliphatic rings. The molecule has 1 atom stereocenters. The van der Waals surface area contributed by atoms with Gasteiger partial charge in [0.15, 0.2) is 5.82 Å². The van der Waals surface area contributed by atoms with Crippen molar-refractivity contribution in [2.75, 3.05) is 13.2 Å². The highest BCUT2D eigenvalue weighted by molar-refractivity contribution is 5.68. The summed E-state index contributed by atoms with van der Waals surface area (Å²) in [6, 6.07) is 9.32. The highest BCUT2D eigenvalue weighted by Gasteiger charge is 2.43. The van der Waals surface area contributed by atoms with Crippen LogP contribution >= 0.6 is 0 Å².